The van der Waals surface area contributed by atoms with E-state index in [1.54, 1.807) is 0 Å². The van der Waals surface area contributed by atoms with Gasteiger partial charge in [-0.1, -0.05) is 19.8 Å². The Hall–Kier alpha value is -0.100. The number of nitrogens with two attached hydrogens (primary N) is 1. The number of unbranched alkanes of at least 4 members (excludes halogenated alkanes) is 2. The average Bonchev–Trinajstić information content (AvgIpc) is 2.16. The number of carboxylic acids is 2. The first-order valence-electron chi connectivity index (χ1n) is 4.95. The Balaban J connectivity index is -0.000000242. The van der Waals surface area contributed by atoms with Crippen LogP contribution in [0.1, 0.15) is 39.0 Å². The van der Waals surface area contributed by atoms with Gasteiger partial charge in [0.05, 0.1) is 0 Å². The fourth-order valence-electron chi connectivity index (χ4n) is 0.652. The molecule has 0 unspecified atom stereocenters. The van der Waals surface area contributed by atoms with E-state index >= 15 is 0 Å². The third-order valence-electron chi connectivity index (χ3n) is 1.59. The van der Waals surface area contributed by atoms with Crippen LogP contribution in [0.2, 0.25) is 0 Å². The zero-order chi connectivity index (χ0) is 12.3. The van der Waals surface area contributed by atoms with E-state index in [2.05, 4.69) is 13.8 Å². The monoisotopic (exact) mass is 241 g/mol. The van der Waals surface area contributed by atoms with Crippen molar-refractivity contribution in [1.82, 2.24) is 0 Å². The van der Waals surface area contributed by atoms with Gasteiger partial charge in [-0.25, -0.2) is 0 Å². The first-order chi connectivity index (χ1) is 6.95. The van der Waals surface area contributed by atoms with Crippen molar-refractivity contribution in [3.63, 3.8) is 0 Å². The number of aliphatic carboxylic acids is 2. The van der Waals surface area contributed by atoms with Crippen LogP contribution in [0, 0.1) is 6.92 Å². The Morgan fingerprint density at radius 1 is 1.38 bits per heavy atom. The predicted molar refractivity (Wildman–Crippen MR) is 57.4 cm³/mol. The number of carbonyl (C=O) groups is 2. The largest absolute Gasteiger partial charge is 1.00 e. The molecule has 16 heavy (non-hydrogen) atoms. The molecule has 0 spiro atoms. The van der Waals surface area contributed by atoms with Crippen LogP contribution in [0.3, 0.4) is 0 Å². The van der Waals surface area contributed by atoms with Crippen LogP contribution in [0.15, 0.2) is 0 Å². The number of rotatable bonds is 6. The van der Waals surface area contributed by atoms with Gasteiger partial charge in [0.2, 0.25) is 0 Å². The second kappa shape index (κ2) is 14.9. The summed E-state index contributed by atoms with van der Waals surface area (Å²) in [5, 5.41) is 16.3. The molecule has 0 bridgehead atoms. The number of carboxylic acid groups (broad SMARTS) is 2. The molecule has 0 radical (unpaired) electrons. The summed E-state index contributed by atoms with van der Waals surface area (Å²) < 4.78 is 0. The molecule has 0 aliphatic carbocycles. The SMILES string of the molecule is N[C@@H](CCC(=O)O)C(=O)O.[CH2-]CCCC.[Na+]. The molecule has 90 valence electrons. The Labute approximate surface area is 119 Å². The standard InChI is InChI=1S/C5H9NO4.C5H11.Na/c6-3(5(9)10)1-2-4(7)8;1-3-5-4-2;/h3H,1-2,6H2,(H,7,8)(H,9,10);1,3-5H2,2H3;/q;-1;+1/t3-;;/m0../s1. The molecular weight excluding hydrogens is 221 g/mol. The molecule has 0 saturated heterocycles. The summed E-state index contributed by atoms with van der Waals surface area (Å²) in [5.74, 6) is -2.20. The van der Waals surface area contributed by atoms with Crippen LogP contribution in [0.5, 0.6) is 0 Å². The molecule has 1 atom stereocenters. The Kier molecular flexibility index (Phi) is 19.8. The zero-order valence-electron chi connectivity index (χ0n) is 10.1. The fraction of sp³-hybridized carbons (Fsp3) is 0.700. The van der Waals surface area contributed by atoms with Gasteiger partial charge in [-0.3, -0.25) is 9.59 Å². The van der Waals surface area contributed by atoms with Crippen LogP contribution in [0.25, 0.3) is 0 Å². The Morgan fingerprint density at radius 2 is 1.88 bits per heavy atom. The van der Waals surface area contributed by atoms with Crippen molar-refractivity contribution in [2.45, 2.75) is 45.1 Å². The van der Waals surface area contributed by atoms with Gasteiger partial charge in [0.15, 0.2) is 0 Å². The topological polar surface area (TPSA) is 101 Å². The van der Waals surface area contributed by atoms with E-state index in [-0.39, 0.29) is 42.4 Å². The van der Waals surface area contributed by atoms with E-state index < -0.39 is 18.0 Å². The summed E-state index contributed by atoms with van der Waals surface area (Å²) in [6.07, 6.45) is 3.43. The van der Waals surface area contributed by atoms with E-state index in [9.17, 15) is 9.59 Å². The normalized spacial score (nSPS) is 10.4. The van der Waals surface area contributed by atoms with Crippen LogP contribution in [0.4, 0.5) is 0 Å². The van der Waals surface area contributed by atoms with Crippen molar-refractivity contribution >= 4 is 11.9 Å². The van der Waals surface area contributed by atoms with Gasteiger partial charge in [0.1, 0.15) is 6.04 Å². The second-order valence-corrected chi connectivity index (χ2v) is 3.08. The summed E-state index contributed by atoms with van der Waals surface area (Å²) in [5.41, 5.74) is 5.00. The minimum Gasteiger partial charge on any atom is -0.481 e. The first kappa shape index (κ1) is 21.2. The molecule has 0 aromatic carbocycles. The van der Waals surface area contributed by atoms with E-state index in [1.807, 2.05) is 0 Å². The minimum absolute atomic E-state index is 0. The van der Waals surface area contributed by atoms with Gasteiger partial charge in [0.25, 0.3) is 0 Å². The minimum atomic E-state index is -1.17. The van der Waals surface area contributed by atoms with E-state index in [4.69, 9.17) is 15.9 Å². The molecule has 0 fully saturated rings. The van der Waals surface area contributed by atoms with Gasteiger partial charge in [0, 0.05) is 6.42 Å². The van der Waals surface area contributed by atoms with Gasteiger partial charge < -0.3 is 22.9 Å². The first-order valence-corrected chi connectivity index (χ1v) is 4.95. The molecular formula is C10H20NNaO4. The Morgan fingerprint density at radius 3 is 2.06 bits per heavy atom. The maximum absolute atomic E-state index is 9.99. The average molecular weight is 241 g/mol. The maximum atomic E-state index is 9.99. The number of hydrogen-bond acceptors (Lipinski definition) is 3. The van der Waals surface area contributed by atoms with Crippen molar-refractivity contribution < 1.29 is 49.4 Å². The molecule has 5 nitrogen and oxygen atoms in total. The van der Waals surface area contributed by atoms with Crippen molar-refractivity contribution in [2.75, 3.05) is 0 Å². The molecule has 0 heterocycles. The molecule has 0 rings (SSSR count). The molecule has 0 saturated carbocycles. The summed E-state index contributed by atoms with van der Waals surface area (Å²) >= 11 is 0. The third-order valence-corrected chi connectivity index (χ3v) is 1.59. The van der Waals surface area contributed by atoms with Crippen molar-refractivity contribution in [3.05, 3.63) is 6.92 Å². The number of hydrogen-bond donors (Lipinski definition) is 3. The molecule has 6 heteroatoms. The zero-order valence-corrected chi connectivity index (χ0v) is 12.1. The predicted octanol–water partition coefficient (Wildman–Crippen LogP) is -1.72. The molecule has 0 aromatic heterocycles. The maximum Gasteiger partial charge on any atom is 1.00 e. The summed E-state index contributed by atoms with van der Waals surface area (Å²) in [7, 11) is 0. The van der Waals surface area contributed by atoms with Gasteiger partial charge >= 0.3 is 41.5 Å². The van der Waals surface area contributed by atoms with Gasteiger partial charge in [-0.15, -0.1) is 0 Å². The smallest absolute Gasteiger partial charge is 0.481 e. The second-order valence-electron chi connectivity index (χ2n) is 3.08. The molecule has 0 aliphatic rings. The third kappa shape index (κ3) is 19.5. The van der Waals surface area contributed by atoms with Gasteiger partial charge in [-0.2, -0.15) is 6.42 Å². The van der Waals surface area contributed by atoms with Crippen LogP contribution in [-0.2, 0) is 9.59 Å². The van der Waals surface area contributed by atoms with Crippen molar-refractivity contribution in [1.29, 1.82) is 0 Å². The van der Waals surface area contributed by atoms with Crippen molar-refractivity contribution in [2.24, 2.45) is 5.73 Å². The van der Waals surface area contributed by atoms with Gasteiger partial charge in [-0.05, 0) is 6.42 Å². The summed E-state index contributed by atoms with van der Waals surface area (Å²) in [4.78, 5) is 19.9. The van der Waals surface area contributed by atoms with Crippen molar-refractivity contribution in [3.8, 4) is 0 Å². The van der Waals surface area contributed by atoms with E-state index in [1.165, 1.54) is 12.8 Å². The van der Waals surface area contributed by atoms with Crippen LogP contribution >= 0.6 is 0 Å². The van der Waals surface area contributed by atoms with Crippen LogP contribution < -0.4 is 35.3 Å². The molecule has 0 aromatic rings. The molecule has 4 N–H and O–H groups in total. The Bertz CT molecular complexity index is 186. The van der Waals surface area contributed by atoms with E-state index in [0.29, 0.717) is 0 Å². The molecule has 0 amide bonds. The van der Waals surface area contributed by atoms with E-state index in [0.717, 1.165) is 6.42 Å². The summed E-state index contributed by atoms with van der Waals surface area (Å²) in [6, 6.07) is -1.06. The fourth-order valence-corrected chi connectivity index (χ4v) is 0.652. The summed E-state index contributed by atoms with van der Waals surface area (Å²) in [6.45, 7) is 5.85. The van der Waals surface area contributed by atoms with Crippen LogP contribution in [-0.4, -0.2) is 28.2 Å². The molecule has 0 aliphatic heterocycles. The quantitative estimate of drug-likeness (QED) is 0.379.